The van der Waals surface area contributed by atoms with E-state index in [0.29, 0.717) is 25.4 Å². The predicted octanol–water partition coefficient (Wildman–Crippen LogP) is 2.28. The van der Waals surface area contributed by atoms with Crippen LogP contribution in [0.3, 0.4) is 0 Å². The van der Waals surface area contributed by atoms with Crippen LogP contribution in [-0.2, 0) is 11.3 Å². The molecule has 0 atom stereocenters. The van der Waals surface area contributed by atoms with Crippen LogP contribution in [0.5, 0.6) is 0 Å². The summed E-state index contributed by atoms with van der Waals surface area (Å²) in [5.41, 5.74) is 6.66. The summed E-state index contributed by atoms with van der Waals surface area (Å²) in [5.74, 6) is 0.585. The summed E-state index contributed by atoms with van der Waals surface area (Å²) in [4.78, 5) is 13.9. The van der Waals surface area contributed by atoms with Crippen molar-refractivity contribution < 1.29 is 9.21 Å². The first-order valence-electron chi connectivity index (χ1n) is 6.54. The molecule has 0 saturated heterocycles. The molecule has 0 radical (unpaired) electrons. The number of nitrogens with zero attached hydrogens (tertiary/aromatic N) is 1. The molecule has 20 heavy (non-hydrogen) atoms. The van der Waals surface area contributed by atoms with Gasteiger partial charge in [0.1, 0.15) is 5.76 Å². The average molecular weight is 270 g/mol. The van der Waals surface area contributed by atoms with Gasteiger partial charge in [-0.2, -0.15) is 0 Å². The second kappa shape index (κ2) is 7.31. The standard InChI is InChI=1S/C16H18N2O2/c17-10-11-18(13-14-5-2-1-3-6-14)16(19)9-8-15-7-4-12-20-15/h1-9,12H,10-11,13,17H2/b9-8+. The maximum atomic E-state index is 12.2. The zero-order chi connectivity index (χ0) is 14.2. The fourth-order valence-corrected chi connectivity index (χ4v) is 1.87. The Balaban J connectivity index is 2.02. The van der Waals surface area contributed by atoms with Crippen molar-refractivity contribution in [3.05, 3.63) is 66.1 Å². The van der Waals surface area contributed by atoms with Crippen LogP contribution in [-0.4, -0.2) is 23.9 Å². The molecule has 0 fully saturated rings. The van der Waals surface area contributed by atoms with Gasteiger partial charge in [0.25, 0.3) is 0 Å². The summed E-state index contributed by atoms with van der Waals surface area (Å²) < 4.78 is 5.16. The van der Waals surface area contributed by atoms with Gasteiger partial charge in [0.15, 0.2) is 0 Å². The predicted molar refractivity (Wildman–Crippen MR) is 78.7 cm³/mol. The van der Waals surface area contributed by atoms with E-state index >= 15 is 0 Å². The van der Waals surface area contributed by atoms with Gasteiger partial charge >= 0.3 is 0 Å². The average Bonchev–Trinajstić information content (AvgIpc) is 2.99. The van der Waals surface area contributed by atoms with Gasteiger partial charge < -0.3 is 15.1 Å². The van der Waals surface area contributed by atoms with Crippen LogP contribution in [0.15, 0.2) is 59.2 Å². The Hall–Kier alpha value is -2.33. The normalized spacial score (nSPS) is 10.8. The highest BCUT2D eigenvalue weighted by Gasteiger charge is 2.10. The molecule has 104 valence electrons. The number of benzene rings is 1. The second-order valence-corrected chi connectivity index (χ2v) is 4.38. The molecule has 0 unspecified atom stereocenters. The van der Waals surface area contributed by atoms with E-state index < -0.39 is 0 Å². The van der Waals surface area contributed by atoms with Crippen LogP contribution in [0.4, 0.5) is 0 Å². The molecule has 2 rings (SSSR count). The summed E-state index contributed by atoms with van der Waals surface area (Å²) >= 11 is 0. The largest absolute Gasteiger partial charge is 0.465 e. The molecule has 2 N–H and O–H groups in total. The molecule has 0 aliphatic carbocycles. The maximum Gasteiger partial charge on any atom is 0.247 e. The molecule has 0 aliphatic heterocycles. The first kappa shape index (κ1) is 14.1. The fourth-order valence-electron chi connectivity index (χ4n) is 1.87. The number of rotatable bonds is 6. The minimum absolute atomic E-state index is 0.0734. The van der Waals surface area contributed by atoms with Gasteiger partial charge in [-0.15, -0.1) is 0 Å². The van der Waals surface area contributed by atoms with E-state index in [9.17, 15) is 4.79 Å². The number of hydrogen-bond donors (Lipinski definition) is 1. The first-order valence-corrected chi connectivity index (χ1v) is 6.54. The van der Waals surface area contributed by atoms with Crippen molar-refractivity contribution >= 4 is 12.0 Å². The van der Waals surface area contributed by atoms with E-state index in [4.69, 9.17) is 10.2 Å². The lowest BCUT2D eigenvalue weighted by Crippen LogP contribution is -2.33. The van der Waals surface area contributed by atoms with Crippen molar-refractivity contribution in [2.75, 3.05) is 13.1 Å². The second-order valence-electron chi connectivity index (χ2n) is 4.38. The lowest BCUT2D eigenvalue weighted by molar-refractivity contribution is -0.126. The molecule has 4 heteroatoms. The molecular weight excluding hydrogens is 252 g/mol. The van der Waals surface area contributed by atoms with Gasteiger partial charge in [-0.1, -0.05) is 30.3 Å². The van der Waals surface area contributed by atoms with Crippen molar-refractivity contribution in [1.29, 1.82) is 0 Å². The summed E-state index contributed by atoms with van der Waals surface area (Å²) in [6.07, 6.45) is 4.75. The van der Waals surface area contributed by atoms with Crippen LogP contribution in [0.1, 0.15) is 11.3 Å². The Morgan fingerprint density at radius 3 is 2.65 bits per heavy atom. The highest BCUT2D eigenvalue weighted by Crippen LogP contribution is 2.07. The summed E-state index contributed by atoms with van der Waals surface area (Å²) in [5, 5.41) is 0. The monoisotopic (exact) mass is 270 g/mol. The quantitative estimate of drug-likeness (QED) is 0.819. The molecule has 1 amide bonds. The molecule has 0 spiro atoms. The molecule has 0 saturated carbocycles. The Kier molecular flexibility index (Phi) is 5.15. The fraction of sp³-hybridized carbons (Fsp3) is 0.188. The Labute approximate surface area is 118 Å². The van der Waals surface area contributed by atoms with Crippen LogP contribution in [0.2, 0.25) is 0 Å². The molecule has 1 aromatic carbocycles. The molecule has 1 heterocycles. The van der Waals surface area contributed by atoms with Crippen molar-refractivity contribution in [1.82, 2.24) is 4.90 Å². The number of carbonyl (C=O) groups is 1. The van der Waals surface area contributed by atoms with Crippen LogP contribution < -0.4 is 5.73 Å². The SMILES string of the molecule is NCCN(Cc1ccccc1)C(=O)/C=C/c1ccco1. The molecule has 1 aromatic heterocycles. The third-order valence-electron chi connectivity index (χ3n) is 2.86. The minimum atomic E-state index is -0.0734. The van der Waals surface area contributed by atoms with Gasteiger partial charge in [-0.25, -0.2) is 0 Å². The third kappa shape index (κ3) is 4.10. The molecule has 4 nitrogen and oxygen atoms in total. The van der Waals surface area contributed by atoms with Gasteiger partial charge in [0.05, 0.1) is 6.26 Å². The van der Waals surface area contributed by atoms with Gasteiger partial charge in [-0.3, -0.25) is 4.79 Å². The number of nitrogens with two attached hydrogens (primary N) is 1. The van der Waals surface area contributed by atoms with Crippen molar-refractivity contribution in [2.24, 2.45) is 5.73 Å². The molecular formula is C16H18N2O2. The first-order chi connectivity index (χ1) is 9.79. The molecule has 2 aromatic rings. The summed E-state index contributed by atoms with van der Waals surface area (Å²) in [6.45, 7) is 1.52. The highest BCUT2D eigenvalue weighted by molar-refractivity contribution is 5.91. The summed E-state index contributed by atoms with van der Waals surface area (Å²) in [6, 6.07) is 13.4. The lowest BCUT2D eigenvalue weighted by Gasteiger charge is -2.20. The Bertz CT molecular complexity index is 547. The number of carbonyl (C=O) groups excluding carboxylic acids is 1. The van der Waals surface area contributed by atoms with Crippen LogP contribution in [0.25, 0.3) is 6.08 Å². The Morgan fingerprint density at radius 1 is 1.20 bits per heavy atom. The number of hydrogen-bond acceptors (Lipinski definition) is 3. The van der Waals surface area contributed by atoms with Gasteiger partial charge in [0.2, 0.25) is 5.91 Å². The topological polar surface area (TPSA) is 59.5 Å². The van der Waals surface area contributed by atoms with E-state index in [2.05, 4.69) is 0 Å². The summed E-state index contributed by atoms with van der Waals surface area (Å²) in [7, 11) is 0. The van der Waals surface area contributed by atoms with E-state index in [-0.39, 0.29) is 5.91 Å². The van der Waals surface area contributed by atoms with Crippen LogP contribution in [0, 0.1) is 0 Å². The van der Waals surface area contributed by atoms with Crippen molar-refractivity contribution in [3.63, 3.8) is 0 Å². The maximum absolute atomic E-state index is 12.2. The van der Waals surface area contributed by atoms with Gasteiger partial charge in [0, 0.05) is 25.7 Å². The molecule has 0 aliphatic rings. The smallest absolute Gasteiger partial charge is 0.247 e. The molecule has 0 bridgehead atoms. The van der Waals surface area contributed by atoms with E-state index in [1.165, 1.54) is 6.08 Å². The highest BCUT2D eigenvalue weighted by atomic mass is 16.3. The van der Waals surface area contributed by atoms with E-state index in [1.54, 1.807) is 29.4 Å². The number of amides is 1. The minimum Gasteiger partial charge on any atom is -0.465 e. The van der Waals surface area contributed by atoms with Crippen molar-refractivity contribution in [3.8, 4) is 0 Å². The van der Waals surface area contributed by atoms with Gasteiger partial charge in [-0.05, 0) is 23.8 Å². The lowest BCUT2D eigenvalue weighted by atomic mass is 10.2. The van der Waals surface area contributed by atoms with E-state index in [1.807, 2.05) is 30.3 Å². The number of furan rings is 1. The van der Waals surface area contributed by atoms with Crippen molar-refractivity contribution in [2.45, 2.75) is 6.54 Å². The zero-order valence-electron chi connectivity index (χ0n) is 11.2. The van der Waals surface area contributed by atoms with E-state index in [0.717, 1.165) is 5.56 Å². The zero-order valence-corrected chi connectivity index (χ0v) is 11.2. The third-order valence-corrected chi connectivity index (χ3v) is 2.86. The van der Waals surface area contributed by atoms with Crippen LogP contribution >= 0.6 is 0 Å². The Morgan fingerprint density at radius 2 is 2.00 bits per heavy atom.